The predicted molar refractivity (Wildman–Crippen MR) is 77.7 cm³/mol. The van der Waals surface area contributed by atoms with Crippen molar-refractivity contribution >= 4 is 5.97 Å². The minimum atomic E-state index is -0.379. The molecule has 2 aromatic rings. The molecule has 1 atom stereocenters. The van der Waals surface area contributed by atoms with Gasteiger partial charge < -0.3 is 10.1 Å². The minimum absolute atomic E-state index is 0.237. The van der Waals surface area contributed by atoms with E-state index in [1.54, 1.807) is 24.3 Å². The first-order valence-electron chi connectivity index (χ1n) is 6.89. The van der Waals surface area contributed by atoms with Gasteiger partial charge in [-0.25, -0.2) is 9.18 Å². The van der Waals surface area contributed by atoms with Gasteiger partial charge in [-0.2, -0.15) is 0 Å². The van der Waals surface area contributed by atoms with Gasteiger partial charge in [0.15, 0.2) is 0 Å². The monoisotopic (exact) mass is 285 g/mol. The Bertz CT molecular complexity index is 684. The molecule has 0 spiro atoms. The number of benzene rings is 2. The standard InChI is InChI=1S/C17H16FNO2/c1-21-17(20)12-7-6-11-8-9-19-16(14(11)10-12)13-4-2-3-5-15(13)18/h2-7,10,16,19H,8-9H2,1H3. The Balaban J connectivity index is 2.08. The third-order valence-electron chi connectivity index (χ3n) is 3.84. The highest BCUT2D eigenvalue weighted by Gasteiger charge is 2.24. The van der Waals surface area contributed by atoms with Crippen molar-refractivity contribution in [3.63, 3.8) is 0 Å². The molecule has 3 nitrogen and oxygen atoms in total. The van der Waals surface area contributed by atoms with E-state index >= 15 is 0 Å². The third kappa shape index (κ3) is 2.54. The van der Waals surface area contributed by atoms with E-state index in [9.17, 15) is 9.18 Å². The molecule has 4 heteroatoms. The maximum Gasteiger partial charge on any atom is 0.337 e. The van der Waals surface area contributed by atoms with Crippen molar-refractivity contribution in [3.8, 4) is 0 Å². The highest BCUT2D eigenvalue weighted by molar-refractivity contribution is 5.89. The van der Waals surface area contributed by atoms with E-state index in [-0.39, 0.29) is 17.8 Å². The first-order valence-corrected chi connectivity index (χ1v) is 6.89. The van der Waals surface area contributed by atoms with Crippen molar-refractivity contribution in [2.45, 2.75) is 12.5 Å². The number of methoxy groups -OCH3 is 1. The lowest BCUT2D eigenvalue weighted by molar-refractivity contribution is 0.0600. The number of hydrogen-bond donors (Lipinski definition) is 1. The van der Waals surface area contributed by atoms with Crippen LogP contribution in [0.1, 0.15) is 33.1 Å². The van der Waals surface area contributed by atoms with Crippen LogP contribution in [0.2, 0.25) is 0 Å². The van der Waals surface area contributed by atoms with Crippen LogP contribution in [-0.2, 0) is 11.2 Å². The van der Waals surface area contributed by atoms with Gasteiger partial charge >= 0.3 is 5.97 Å². The van der Waals surface area contributed by atoms with Crippen LogP contribution in [0.3, 0.4) is 0 Å². The van der Waals surface area contributed by atoms with Crippen molar-refractivity contribution in [1.29, 1.82) is 0 Å². The molecular weight excluding hydrogens is 269 g/mol. The number of ether oxygens (including phenoxy) is 1. The van der Waals surface area contributed by atoms with Crippen LogP contribution in [-0.4, -0.2) is 19.6 Å². The second-order valence-corrected chi connectivity index (χ2v) is 5.06. The normalized spacial score (nSPS) is 17.1. The summed E-state index contributed by atoms with van der Waals surface area (Å²) < 4.78 is 18.8. The van der Waals surface area contributed by atoms with Crippen molar-refractivity contribution in [1.82, 2.24) is 5.32 Å². The molecule has 1 N–H and O–H groups in total. The van der Waals surface area contributed by atoms with Gasteiger partial charge in [0.2, 0.25) is 0 Å². The zero-order valence-electron chi connectivity index (χ0n) is 11.7. The molecule has 0 amide bonds. The summed E-state index contributed by atoms with van der Waals surface area (Å²) >= 11 is 0. The smallest absolute Gasteiger partial charge is 0.337 e. The number of rotatable bonds is 2. The van der Waals surface area contributed by atoms with E-state index in [0.29, 0.717) is 11.1 Å². The molecule has 3 rings (SSSR count). The van der Waals surface area contributed by atoms with E-state index in [2.05, 4.69) is 5.32 Å². The zero-order valence-corrected chi connectivity index (χ0v) is 11.7. The molecule has 21 heavy (non-hydrogen) atoms. The van der Waals surface area contributed by atoms with Gasteiger partial charge in [0.05, 0.1) is 18.7 Å². The summed E-state index contributed by atoms with van der Waals surface area (Å²) in [6, 6.07) is 12.0. The van der Waals surface area contributed by atoms with Crippen LogP contribution >= 0.6 is 0 Å². The summed E-state index contributed by atoms with van der Waals surface area (Å²) in [7, 11) is 1.36. The summed E-state index contributed by atoms with van der Waals surface area (Å²) in [5, 5.41) is 3.32. The molecule has 1 heterocycles. The third-order valence-corrected chi connectivity index (χ3v) is 3.84. The van der Waals surface area contributed by atoms with Crippen LogP contribution in [0.4, 0.5) is 4.39 Å². The number of nitrogens with one attached hydrogen (secondary N) is 1. The Hall–Kier alpha value is -2.20. The molecular formula is C17H16FNO2. The number of carbonyl (C=O) groups excluding carboxylic acids is 1. The second kappa shape index (κ2) is 5.66. The molecule has 0 fully saturated rings. The van der Waals surface area contributed by atoms with Crippen LogP contribution < -0.4 is 5.32 Å². The lowest BCUT2D eigenvalue weighted by atomic mass is 9.88. The highest BCUT2D eigenvalue weighted by atomic mass is 19.1. The van der Waals surface area contributed by atoms with Gasteiger partial charge in [0.25, 0.3) is 0 Å². The van der Waals surface area contributed by atoms with Crippen LogP contribution in [0, 0.1) is 5.82 Å². The first-order chi connectivity index (χ1) is 10.2. The van der Waals surface area contributed by atoms with Gasteiger partial charge in [0.1, 0.15) is 5.82 Å². The van der Waals surface area contributed by atoms with Crippen molar-refractivity contribution in [2.24, 2.45) is 0 Å². The SMILES string of the molecule is COC(=O)c1ccc2c(c1)C(c1ccccc1F)NCC2. The molecule has 0 saturated heterocycles. The summed E-state index contributed by atoms with van der Waals surface area (Å²) in [6.45, 7) is 0.781. The average Bonchev–Trinajstić information content (AvgIpc) is 2.53. The van der Waals surface area contributed by atoms with E-state index < -0.39 is 0 Å². The Kier molecular flexibility index (Phi) is 3.71. The van der Waals surface area contributed by atoms with E-state index in [4.69, 9.17) is 4.74 Å². The number of esters is 1. The van der Waals surface area contributed by atoms with Gasteiger partial charge in [0, 0.05) is 12.1 Å². The quantitative estimate of drug-likeness (QED) is 0.862. The minimum Gasteiger partial charge on any atom is -0.465 e. The van der Waals surface area contributed by atoms with Crippen molar-refractivity contribution in [2.75, 3.05) is 13.7 Å². The van der Waals surface area contributed by atoms with Gasteiger partial charge in [-0.05, 0) is 35.7 Å². The number of hydrogen-bond acceptors (Lipinski definition) is 3. The maximum absolute atomic E-state index is 14.1. The lowest BCUT2D eigenvalue weighted by Gasteiger charge is -2.28. The average molecular weight is 285 g/mol. The largest absolute Gasteiger partial charge is 0.465 e. The molecule has 1 aliphatic rings. The predicted octanol–water partition coefficient (Wildman–Crippen LogP) is 2.85. The zero-order chi connectivity index (χ0) is 14.8. The molecule has 0 radical (unpaired) electrons. The maximum atomic E-state index is 14.1. The lowest BCUT2D eigenvalue weighted by Crippen LogP contribution is -2.31. The summed E-state index contributed by atoms with van der Waals surface area (Å²) in [5.41, 5.74) is 3.16. The van der Waals surface area contributed by atoms with E-state index in [1.807, 2.05) is 12.1 Å². The molecule has 0 aliphatic carbocycles. The fourth-order valence-corrected chi connectivity index (χ4v) is 2.78. The van der Waals surface area contributed by atoms with Crippen molar-refractivity contribution < 1.29 is 13.9 Å². The molecule has 1 aliphatic heterocycles. The Morgan fingerprint density at radius 1 is 1.24 bits per heavy atom. The number of carbonyl (C=O) groups is 1. The summed E-state index contributed by atoms with van der Waals surface area (Å²) in [5.74, 6) is -0.623. The van der Waals surface area contributed by atoms with Gasteiger partial charge in [-0.1, -0.05) is 24.3 Å². The number of halogens is 1. The highest BCUT2D eigenvalue weighted by Crippen LogP contribution is 2.31. The summed E-state index contributed by atoms with van der Waals surface area (Å²) in [4.78, 5) is 11.7. The van der Waals surface area contributed by atoms with E-state index in [0.717, 1.165) is 24.1 Å². The number of fused-ring (bicyclic) bond motifs is 1. The topological polar surface area (TPSA) is 38.3 Å². The van der Waals surface area contributed by atoms with Crippen molar-refractivity contribution in [3.05, 3.63) is 70.5 Å². The Morgan fingerprint density at radius 3 is 2.81 bits per heavy atom. The van der Waals surface area contributed by atoms with Crippen LogP contribution in [0.15, 0.2) is 42.5 Å². The molecule has 2 aromatic carbocycles. The van der Waals surface area contributed by atoms with Gasteiger partial charge in [-0.15, -0.1) is 0 Å². The van der Waals surface area contributed by atoms with Gasteiger partial charge in [-0.3, -0.25) is 0 Å². The van der Waals surface area contributed by atoms with Crippen LogP contribution in [0.5, 0.6) is 0 Å². The molecule has 0 aromatic heterocycles. The summed E-state index contributed by atoms with van der Waals surface area (Å²) in [6.07, 6.45) is 0.863. The molecule has 1 unspecified atom stereocenters. The molecule has 0 bridgehead atoms. The Morgan fingerprint density at radius 2 is 2.05 bits per heavy atom. The second-order valence-electron chi connectivity index (χ2n) is 5.06. The van der Waals surface area contributed by atoms with Crippen LogP contribution in [0.25, 0.3) is 0 Å². The molecule has 0 saturated carbocycles. The fraction of sp³-hybridized carbons (Fsp3) is 0.235. The Labute approximate surface area is 122 Å². The molecule has 108 valence electrons. The first kappa shape index (κ1) is 13.8. The van der Waals surface area contributed by atoms with E-state index in [1.165, 1.54) is 13.2 Å². The fourth-order valence-electron chi connectivity index (χ4n) is 2.78.